The van der Waals surface area contributed by atoms with Gasteiger partial charge < -0.3 is 38.6 Å². The summed E-state index contributed by atoms with van der Waals surface area (Å²) in [6.45, 7) is 14.0. The molecule has 63 heavy (non-hydrogen) atoms. The zero-order valence-electron chi connectivity index (χ0n) is 37.6. The number of hydrogen-bond acceptors (Lipinski definition) is 12. The Hall–Kier alpha value is -3.66. The second-order valence-corrected chi connectivity index (χ2v) is 20.2. The van der Waals surface area contributed by atoms with E-state index in [1.54, 1.807) is 19.9 Å². The lowest BCUT2D eigenvalue weighted by Gasteiger charge is -2.60. The molecule has 5 aliphatic heterocycles. The van der Waals surface area contributed by atoms with Crippen molar-refractivity contribution in [3.63, 3.8) is 0 Å². The smallest absolute Gasteiger partial charge is 0.410 e. The molecule has 2 N–H and O–H groups in total. The van der Waals surface area contributed by atoms with Gasteiger partial charge in [0.15, 0.2) is 18.2 Å². The number of carbonyl (C=O) groups excluding carboxylic acids is 3. The first kappa shape index (κ1) is 47.3. The Labute approximate surface area is 371 Å². The Morgan fingerprint density at radius 2 is 1.63 bits per heavy atom. The van der Waals surface area contributed by atoms with Crippen molar-refractivity contribution in [2.24, 2.45) is 29.6 Å². The van der Waals surface area contributed by atoms with Crippen molar-refractivity contribution >= 4 is 25.5 Å². The van der Waals surface area contributed by atoms with Gasteiger partial charge in [-0.15, -0.1) is 0 Å². The summed E-state index contributed by atoms with van der Waals surface area (Å²) in [4.78, 5) is 56.5. The number of nitrogens with zero attached hydrogens (tertiary/aromatic N) is 1. The number of carbonyl (C=O) groups is 3. The lowest BCUT2D eigenvalue weighted by molar-refractivity contribution is -0.578. The number of amides is 3. The standard InChI is InChI=1S/C47H66N3O12P/c1-8-56-63(54,57-9-2)25-23-38(34-18-14-11-15-19-34)48-41(51)39(26-30(3)4)49-42(52)40-27-35(28-50(40)45(53)55-29-33-16-12-10-13-17-33)58-43-32(6)37-21-20-31(5)36-22-24-46(7)60-44(59-43)47(36,37)62-61-46/h10-19,23,25,30-32,35-40,43-44H,8-9,20-22,24,26-29H2,1-7H3,(H,48,51)(H,49,52)/b25-23+/t31-,32-,35-,36+,37+,38+,39+,40+,43+,44-,46+,47-/m1/s1. The fraction of sp³-hybridized carbons (Fsp3) is 0.638. The maximum atomic E-state index is 14.5. The van der Waals surface area contributed by atoms with E-state index < -0.39 is 73.7 Å². The fourth-order valence-corrected chi connectivity index (χ4v) is 11.5. The summed E-state index contributed by atoms with van der Waals surface area (Å²) in [6, 6.07) is 15.8. The molecule has 8 rings (SSSR count). The first-order valence-electron chi connectivity index (χ1n) is 22.7. The first-order chi connectivity index (χ1) is 30.2. The highest BCUT2D eigenvalue weighted by molar-refractivity contribution is 7.57. The first-order valence-corrected chi connectivity index (χ1v) is 24.4. The number of hydrogen-bond donors (Lipinski definition) is 2. The number of ether oxygens (including phenoxy) is 4. The van der Waals surface area contributed by atoms with E-state index in [4.69, 9.17) is 37.8 Å². The molecule has 1 saturated carbocycles. The molecule has 6 fully saturated rings. The SMILES string of the molecule is CCOP(=O)(/C=C/[C@H](NC(=O)[C@H](CC(C)C)NC(=O)[C@@H]1C[C@@H](O[C@H]2O[C@@H]3O[C@]4(C)CC[C@H]5[C@H](C)CC[C@@H]([C@H]2C)[C@@]35OO4)CN1C(=O)OCc1ccccc1)c1ccccc1)OCC. The topological polar surface area (TPSA) is 169 Å². The van der Waals surface area contributed by atoms with Crippen LogP contribution in [0, 0.1) is 29.6 Å². The van der Waals surface area contributed by atoms with E-state index in [1.807, 2.05) is 81.4 Å². The quantitative estimate of drug-likeness (QED) is 0.116. The number of rotatable bonds is 17. The Morgan fingerprint density at radius 1 is 0.937 bits per heavy atom. The van der Waals surface area contributed by atoms with Crippen LogP contribution in [0.25, 0.3) is 0 Å². The van der Waals surface area contributed by atoms with Gasteiger partial charge in [0.05, 0.1) is 31.9 Å². The summed E-state index contributed by atoms with van der Waals surface area (Å²) in [5.41, 5.74) is 0.744. The minimum absolute atomic E-state index is 0.00297. The molecule has 16 heteroatoms. The molecule has 1 spiro atoms. The molecule has 12 atom stereocenters. The molecule has 0 radical (unpaired) electrons. The highest BCUT2D eigenvalue weighted by Crippen LogP contribution is 2.61. The van der Waals surface area contributed by atoms with Crippen LogP contribution in [-0.4, -0.2) is 84.7 Å². The summed E-state index contributed by atoms with van der Waals surface area (Å²) in [7, 11) is -3.60. The van der Waals surface area contributed by atoms with Gasteiger partial charge in [-0.05, 0) is 81.4 Å². The molecule has 15 nitrogen and oxygen atoms in total. The van der Waals surface area contributed by atoms with Crippen LogP contribution in [0.5, 0.6) is 0 Å². The van der Waals surface area contributed by atoms with E-state index in [-0.39, 0.29) is 56.5 Å². The van der Waals surface area contributed by atoms with Gasteiger partial charge in [-0.25, -0.2) is 14.6 Å². The average Bonchev–Trinajstić information content (AvgIpc) is 3.56. The second kappa shape index (κ2) is 20.2. The molecular formula is C47H66N3O12P. The largest absolute Gasteiger partial charge is 0.445 e. The molecular weight excluding hydrogens is 829 g/mol. The van der Waals surface area contributed by atoms with Gasteiger partial charge in [-0.3, -0.25) is 19.1 Å². The lowest BCUT2D eigenvalue weighted by atomic mass is 9.58. The Kier molecular flexibility index (Phi) is 15.2. The highest BCUT2D eigenvalue weighted by atomic mass is 31.2. The van der Waals surface area contributed by atoms with E-state index >= 15 is 0 Å². The van der Waals surface area contributed by atoms with E-state index in [9.17, 15) is 18.9 Å². The van der Waals surface area contributed by atoms with Crippen molar-refractivity contribution in [1.29, 1.82) is 0 Å². The summed E-state index contributed by atoms with van der Waals surface area (Å²) >= 11 is 0. The molecule has 2 aromatic rings. The van der Waals surface area contributed by atoms with E-state index in [2.05, 4.69) is 24.5 Å². The summed E-state index contributed by atoms with van der Waals surface area (Å²) < 4.78 is 50.2. The molecule has 346 valence electrons. The third kappa shape index (κ3) is 10.6. The van der Waals surface area contributed by atoms with Gasteiger partial charge in [-0.1, -0.05) is 88.4 Å². The van der Waals surface area contributed by atoms with Crippen molar-refractivity contribution in [2.75, 3.05) is 19.8 Å². The van der Waals surface area contributed by atoms with Gasteiger partial charge in [0.1, 0.15) is 18.7 Å². The number of nitrogens with one attached hydrogen (secondary N) is 2. The minimum Gasteiger partial charge on any atom is -0.445 e. The normalized spacial score (nSPS) is 32.5. The van der Waals surface area contributed by atoms with Gasteiger partial charge >= 0.3 is 13.7 Å². The number of benzene rings is 2. The molecule has 6 aliphatic rings. The molecule has 1 aliphatic carbocycles. The summed E-state index contributed by atoms with van der Waals surface area (Å²) in [5.74, 6) is -0.0902. The maximum Gasteiger partial charge on any atom is 0.410 e. The van der Waals surface area contributed by atoms with Crippen LogP contribution in [0.2, 0.25) is 0 Å². The van der Waals surface area contributed by atoms with Crippen LogP contribution in [0.4, 0.5) is 4.79 Å². The van der Waals surface area contributed by atoms with Crippen molar-refractivity contribution in [2.45, 2.75) is 142 Å². The predicted octanol–water partition coefficient (Wildman–Crippen LogP) is 8.16. The van der Waals surface area contributed by atoms with Crippen molar-refractivity contribution in [3.8, 4) is 0 Å². The van der Waals surface area contributed by atoms with E-state index in [0.717, 1.165) is 30.4 Å². The summed E-state index contributed by atoms with van der Waals surface area (Å²) in [6.07, 6.45) is 2.78. The monoisotopic (exact) mass is 895 g/mol. The van der Waals surface area contributed by atoms with Gasteiger partial charge in [0.2, 0.25) is 17.6 Å². The van der Waals surface area contributed by atoms with Crippen LogP contribution < -0.4 is 10.6 Å². The van der Waals surface area contributed by atoms with Crippen LogP contribution in [0.3, 0.4) is 0 Å². The fourth-order valence-electron chi connectivity index (χ4n) is 10.2. The summed E-state index contributed by atoms with van der Waals surface area (Å²) in [5, 5.41) is 6.03. The number of likely N-dealkylation sites (tertiary alicyclic amines) is 1. The van der Waals surface area contributed by atoms with E-state index in [0.29, 0.717) is 18.8 Å². The van der Waals surface area contributed by atoms with Crippen molar-refractivity contribution in [3.05, 3.63) is 83.7 Å². The van der Waals surface area contributed by atoms with Crippen LogP contribution in [0.1, 0.15) is 104 Å². The van der Waals surface area contributed by atoms with Gasteiger partial charge in [0.25, 0.3) is 0 Å². The predicted molar refractivity (Wildman–Crippen MR) is 232 cm³/mol. The number of fused-ring (bicyclic) bond motifs is 2. The van der Waals surface area contributed by atoms with Crippen molar-refractivity contribution in [1.82, 2.24) is 15.5 Å². The third-order valence-electron chi connectivity index (χ3n) is 13.3. The van der Waals surface area contributed by atoms with Crippen LogP contribution >= 0.6 is 7.60 Å². The molecule has 5 heterocycles. The zero-order chi connectivity index (χ0) is 44.9. The molecule has 3 amide bonds. The highest BCUT2D eigenvalue weighted by Gasteiger charge is 2.69. The van der Waals surface area contributed by atoms with Gasteiger partial charge in [-0.2, -0.15) is 0 Å². The third-order valence-corrected chi connectivity index (χ3v) is 15.1. The van der Waals surface area contributed by atoms with E-state index in [1.165, 1.54) is 10.7 Å². The lowest BCUT2D eigenvalue weighted by Crippen LogP contribution is -2.70. The molecule has 0 unspecified atom stereocenters. The zero-order valence-corrected chi connectivity index (χ0v) is 38.5. The molecule has 2 bridgehead atoms. The maximum absolute atomic E-state index is 14.5. The Balaban J connectivity index is 1.10. The Morgan fingerprint density at radius 3 is 2.32 bits per heavy atom. The van der Waals surface area contributed by atoms with Crippen LogP contribution in [0.15, 0.2) is 72.6 Å². The Bertz CT molecular complexity index is 1950. The average molecular weight is 896 g/mol. The van der Waals surface area contributed by atoms with Crippen LogP contribution in [-0.2, 0) is 58.5 Å². The molecule has 0 aromatic heterocycles. The molecule has 2 aromatic carbocycles. The van der Waals surface area contributed by atoms with Crippen molar-refractivity contribution < 1.29 is 56.7 Å². The minimum atomic E-state index is -3.60. The van der Waals surface area contributed by atoms with Gasteiger partial charge in [0, 0.05) is 30.5 Å². The second-order valence-electron chi connectivity index (χ2n) is 18.3. The molecule has 5 saturated heterocycles.